The molecule has 4 nitrogen and oxygen atoms in total. The van der Waals surface area contributed by atoms with E-state index in [1.165, 1.54) is 0 Å². The summed E-state index contributed by atoms with van der Waals surface area (Å²) in [5.74, 6) is -2.85. The van der Waals surface area contributed by atoms with E-state index >= 15 is 0 Å². The predicted molar refractivity (Wildman–Crippen MR) is 87.5 cm³/mol. The summed E-state index contributed by atoms with van der Waals surface area (Å²) in [5, 5.41) is 8.25. The van der Waals surface area contributed by atoms with Crippen LogP contribution in [-0.4, -0.2) is 17.4 Å². The van der Waals surface area contributed by atoms with Crippen molar-refractivity contribution in [3.63, 3.8) is 0 Å². The zero-order chi connectivity index (χ0) is 19.8. The molecular formula is C18H13ClF4O4. The number of para-hydroxylation sites is 1. The summed E-state index contributed by atoms with van der Waals surface area (Å²) in [4.78, 5) is 11.1. The number of alkyl halides is 3. The summed E-state index contributed by atoms with van der Waals surface area (Å²) >= 11 is 5.56. The number of hydrogen-bond acceptors (Lipinski definition) is 3. The Morgan fingerprint density at radius 2 is 2.00 bits per heavy atom. The molecule has 0 saturated heterocycles. The van der Waals surface area contributed by atoms with Crippen molar-refractivity contribution in [2.45, 2.75) is 31.2 Å². The maximum absolute atomic E-state index is 13.8. The van der Waals surface area contributed by atoms with Gasteiger partial charge in [0.1, 0.15) is 22.9 Å². The number of halogens is 5. The molecular weight excluding hydrogens is 392 g/mol. The molecule has 0 fully saturated rings. The minimum atomic E-state index is -4.94. The predicted octanol–water partition coefficient (Wildman–Crippen LogP) is 5.24. The van der Waals surface area contributed by atoms with Gasteiger partial charge in [-0.3, -0.25) is 4.79 Å². The average Bonchev–Trinajstić information content (AvgIpc) is 2.52. The lowest BCUT2D eigenvalue weighted by Gasteiger charge is -2.31. The summed E-state index contributed by atoms with van der Waals surface area (Å²) < 4.78 is 63.3. The Kier molecular flexibility index (Phi) is 5.19. The van der Waals surface area contributed by atoms with Gasteiger partial charge in [0.2, 0.25) is 6.29 Å². The van der Waals surface area contributed by atoms with Crippen molar-refractivity contribution in [2.24, 2.45) is 0 Å². The van der Waals surface area contributed by atoms with Crippen LogP contribution < -0.4 is 9.47 Å². The molecule has 27 heavy (non-hydrogen) atoms. The fourth-order valence-corrected chi connectivity index (χ4v) is 3.30. The molecule has 3 rings (SSSR count). The third kappa shape index (κ3) is 4.27. The van der Waals surface area contributed by atoms with Gasteiger partial charge in [-0.05, 0) is 17.7 Å². The first-order chi connectivity index (χ1) is 12.6. The molecule has 0 aromatic heterocycles. The quantitative estimate of drug-likeness (QED) is 0.708. The average molecular weight is 405 g/mol. The van der Waals surface area contributed by atoms with Crippen LogP contribution in [0.25, 0.3) is 0 Å². The van der Waals surface area contributed by atoms with E-state index < -0.39 is 40.8 Å². The number of carbonyl (C=O) groups is 1. The van der Waals surface area contributed by atoms with Crippen molar-refractivity contribution >= 4 is 17.6 Å². The number of fused-ring (bicyclic) bond motifs is 1. The van der Waals surface area contributed by atoms with Crippen LogP contribution in [0, 0.1) is 5.82 Å². The Labute approximate surface area is 156 Å². The van der Waals surface area contributed by atoms with Gasteiger partial charge in [0.15, 0.2) is 0 Å². The number of rotatable bonds is 4. The summed E-state index contributed by atoms with van der Waals surface area (Å²) in [6.45, 7) is 0. The van der Waals surface area contributed by atoms with Gasteiger partial charge in [0.05, 0.1) is 11.4 Å². The van der Waals surface area contributed by atoms with E-state index in [-0.39, 0.29) is 18.6 Å². The zero-order valence-corrected chi connectivity index (χ0v) is 14.4. The van der Waals surface area contributed by atoms with Crippen LogP contribution in [0.15, 0.2) is 36.4 Å². The number of hydrogen-bond donors (Lipinski definition) is 1. The highest BCUT2D eigenvalue weighted by Crippen LogP contribution is 2.41. The van der Waals surface area contributed by atoms with E-state index in [2.05, 4.69) is 0 Å². The second-order valence-electron chi connectivity index (χ2n) is 5.99. The molecule has 1 aliphatic rings. The SMILES string of the molecule is O=C(O)CC1CC(Oc2cc(F)c(C(F)(F)F)c(Cl)c2)Oc2ccccc21. The largest absolute Gasteiger partial charge is 0.481 e. The van der Waals surface area contributed by atoms with E-state index in [9.17, 15) is 22.4 Å². The first-order valence-corrected chi connectivity index (χ1v) is 8.23. The monoisotopic (exact) mass is 404 g/mol. The molecule has 9 heteroatoms. The van der Waals surface area contributed by atoms with Gasteiger partial charge in [-0.25, -0.2) is 4.39 Å². The topological polar surface area (TPSA) is 55.8 Å². The first-order valence-electron chi connectivity index (χ1n) is 7.85. The van der Waals surface area contributed by atoms with Gasteiger partial charge in [0, 0.05) is 18.4 Å². The number of carboxylic acids is 1. The maximum Gasteiger partial charge on any atom is 0.420 e. The van der Waals surface area contributed by atoms with E-state index in [1.54, 1.807) is 24.3 Å². The van der Waals surface area contributed by atoms with E-state index in [0.29, 0.717) is 17.4 Å². The Bertz CT molecular complexity index is 846. The minimum absolute atomic E-state index is 0.129. The van der Waals surface area contributed by atoms with Crippen LogP contribution in [0.4, 0.5) is 17.6 Å². The molecule has 2 aromatic carbocycles. The highest BCUT2D eigenvalue weighted by Gasteiger charge is 2.38. The minimum Gasteiger partial charge on any atom is -0.481 e. The summed E-state index contributed by atoms with van der Waals surface area (Å²) in [6, 6.07) is 8.21. The van der Waals surface area contributed by atoms with Crippen LogP contribution >= 0.6 is 11.6 Å². The van der Waals surface area contributed by atoms with Gasteiger partial charge < -0.3 is 14.6 Å². The molecule has 0 amide bonds. The normalized spacial score (nSPS) is 19.1. The van der Waals surface area contributed by atoms with Crippen molar-refractivity contribution in [1.29, 1.82) is 0 Å². The molecule has 144 valence electrons. The second kappa shape index (κ2) is 7.26. The highest BCUT2D eigenvalue weighted by molar-refractivity contribution is 6.31. The first kappa shape index (κ1) is 19.3. The smallest absolute Gasteiger partial charge is 0.420 e. The second-order valence-corrected chi connectivity index (χ2v) is 6.40. The number of aliphatic carboxylic acids is 1. The van der Waals surface area contributed by atoms with Crippen molar-refractivity contribution in [3.8, 4) is 11.5 Å². The fourth-order valence-electron chi connectivity index (χ4n) is 2.99. The number of ether oxygens (including phenoxy) is 2. The fraction of sp³-hybridized carbons (Fsp3) is 0.278. The van der Waals surface area contributed by atoms with Gasteiger partial charge in [-0.2, -0.15) is 13.2 Å². The summed E-state index contributed by atoms with van der Waals surface area (Å²) in [6.07, 6.45) is -5.99. The van der Waals surface area contributed by atoms with Gasteiger partial charge in [0.25, 0.3) is 0 Å². The molecule has 2 unspecified atom stereocenters. The van der Waals surface area contributed by atoms with Crippen molar-refractivity contribution in [2.75, 3.05) is 0 Å². The van der Waals surface area contributed by atoms with Crippen molar-refractivity contribution < 1.29 is 36.9 Å². The van der Waals surface area contributed by atoms with E-state index in [4.69, 9.17) is 26.2 Å². The summed E-state index contributed by atoms with van der Waals surface area (Å²) in [7, 11) is 0. The Morgan fingerprint density at radius 3 is 2.63 bits per heavy atom. The third-order valence-electron chi connectivity index (χ3n) is 4.08. The molecule has 0 spiro atoms. The molecule has 0 saturated carbocycles. The Hall–Kier alpha value is -2.48. The van der Waals surface area contributed by atoms with Crippen LogP contribution in [-0.2, 0) is 11.0 Å². The Balaban J connectivity index is 1.85. The van der Waals surface area contributed by atoms with Gasteiger partial charge in [-0.1, -0.05) is 29.8 Å². The highest BCUT2D eigenvalue weighted by atomic mass is 35.5. The lowest BCUT2D eigenvalue weighted by Crippen LogP contribution is -2.31. The summed E-state index contributed by atoms with van der Waals surface area (Å²) in [5.41, 5.74) is -0.883. The standard InChI is InChI=1S/C18H13ClF4O4/c19-12-7-10(8-13(20)17(12)18(21,22)23)26-16-6-9(5-15(24)25)11-3-1-2-4-14(11)27-16/h1-4,7-9,16H,5-6H2,(H,24,25). The van der Waals surface area contributed by atoms with Crippen molar-refractivity contribution in [1.82, 2.24) is 0 Å². The van der Waals surface area contributed by atoms with Gasteiger partial charge in [-0.15, -0.1) is 0 Å². The molecule has 2 aromatic rings. The van der Waals surface area contributed by atoms with Crippen LogP contribution in [0.3, 0.4) is 0 Å². The number of carboxylic acid groups (broad SMARTS) is 1. The molecule has 1 aliphatic heterocycles. The van der Waals surface area contributed by atoms with Crippen LogP contribution in [0.1, 0.15) is 29.9 Å². The molecule has 0 bridgehead atoms. The van der Waals surface area contributed by atoms with E-state index in [1.807, 2.05) is 0 Å². The van der Waals surface area contributed by atoms with Crippen LogP contribution in [0.2, 0.25) is 5.02 Å². The molecule has 2 atom stereocenters. The molecule has 0 aliphatic carbocycles. The lowest BCUT2D eigenvalue weighted by atomic mass is 9.89. The lowest BCUT2D eigenvalue weighted by molar-refractivity contribution is -0.140. The molecule has 1 N–H and O–H groups in total. The Morgan fingerprint density at radius 1 is 1.30 bits per heavy atom. The van der Waals surface area contributed by atoms with Gasteiger partial charge >= 0.3 is 12.1 Å². The van der Waals surface area contributed by atoms with Crippen LogP contribution in [0.5, 0.6) is 11.5 Å². The molecule has 0 radical (unpaired) electrons. The number of benzene rings is 2. The van der Waals surface area contributed by atoms with E-state index in [0.717, 1.165) is 6.07 Å². The third-order valence-corrected chi connectivity index (χ3v) is 4.38. The van der Waals surface area contributed by atoms with Crippen molar-refractivity contribution in [3.05, 3.63) is 58.4 Å². The zero-order valence-electron chi connectivity index (χ0n) is 13.6. The molecule has 1 heterocycles. The maximum atomic E-state index is 13.8.